The molecule has 2 atom stereocenters. The van der Waals surface area contributed by atoms with Gasteiger partial charge in [-0.1, -0.05) is 19.9 Å². The third-order valence-corrected chi connectivity index (χ3v) is 3.65. The first-order valence-electron chi connectivity index (χ1n) is 6.91. The standard InChI is InChI=1S/C15H21N3O2/c1-9(2)13-15(20)18(11(4)14(19)17-13)8-12-5-10(3)6-16-7-12/h5-7,9,11,13H,8H2,1-4H3,(H,17,19). The summed E-state index contributed by atoms with van der Waals surface area (Å²) in [6.07, 6.45) is 3.51. The molecule has 2 rings (SSSR count). The molecule has 108 valence electrons. The number of nitrogens with zero attached hydrogens (tertiary/aromatic N) is 2. The molecule has 1 N–H and O–H groups in total. The van der Waals surface area contributed by atoms with Gasteiger partial charge in [-0.15, -0.1) is 0 Å². The monoisotopic (exact) mass is 275 g/mol. The van der Waals surface area contributed by atoms with Crippen molar-refractivity contribution in [3.63, 3.8) is 0 Å². The molecular formula is C15H21N3O2. The highest BCUT2D eigenvalue weighted by atomic mass is 16.2. The molecule has 0 radical (unpaired) electrons. The van der Waals surface area contributed by atoms with Gasteiger partial charge in [-0.05, 0) is 30.9 Å². The highest BCUT2D eigenvalue weighted by Gasteiger charge is 2.39. The maximum Gasteiger partial charge on any atom is 0.246 e. The molecule has 0 saturated carbocycles. The fourth-order valence-electron chi connectivity index (χ4n) is 2.41. The first kappa shape index (κ1) is 14.5. The predicted molar refractivity (Wildman–Crippen MR) is 75.8 cm³/mol. The van der Waals surface area contributed by atoms with Gasteiger partial charge in [0.05, 0.1) is 0 Å². The molecule has 5 nitrogen and oxygen atoms in total. The quantitative estimate of drug-likeness (QED) is 0.903. The smallest absolute Gasteiger partial charge is 0.246 e. The Morgan fingerprint density at radius 3 is 2.65 bits per heavy atom. The summed E-state index contributed by atoms with van der Waals surface area (Å²) in [6, 6.07) is 1.11. The lowest BCUT2D eigenvalue weighted by atomic mass is 9.98. The molecule has 1 fully saturated rings. The second kappa shape index (κ2) is 5.61. The largest absolute Gasteiger partial charge is 0.342 e. The van der Waals surface area contributed by atoms with Crippen molar-refractivity contribution >= 4 is 11.8 Å². The lowest BCUT2D eigenvalue weighted by Gasteiger charge is -2.38. The van der Waals surface area contributed by atoms with E-state index in [1.54, 1.807) is 24.2 Å². The Bertz CT molecular complexity index is 528. The van der Waals surface area contributed by atoms with Crippen molar-refractivity contribution in [2.75, 3.05) is 0 Å². The minimum atomic E-state index is -0.446. The predicted octanol–water partition coefficient (Wildman–Crippen LogP) is 1.26. The Labute approximate surface area is 119 Å². The normalized spacial score (nSPS) is 23.1. The van der Waals surface area contributed by atoms with Crippen LogP contribution in [0.3, 0.4) is 0 Å². The van der Waals surface area contributed by atoms with E-state index in [1.165, 1.54) is 0 Å². The average molecular weight is 275 g/mol. The molecule has 1 aromatic heterocycles. The van der Waals surface area contributed by atoms with Crippen molar-refractivity contribution in [2.24, 2.45) is 5.92 Å². The maximum atomic E-state index is 12.5. The second-order valence-corrected chi connectivity index (χ2v) is 5.74. The Hall–Kier alpha value is -1.91. The fraction of sp³-hybridized carbons (Fsp3) is 0.533. The first-order valence-corrected chi connectivity index (χ1v) is 6.91. The van der Waals surface area contributed by atoms with Gasteiger partial charge in [0.15, 0.2) is 0 Å². The highest BCUT2D eigenvalue weighted by Crippen LogP contribution is 2.18. The van der Waals surface area contributed by atoms with E-state index in [9.17, 15) is 9.59 Å². The number of hydrogen-bond donors (Lipinski definition) is 1. The van der Waals surface area contributed by atoms with Crippen LogP contribution in [-0.4, -0.2) is 33.8 Å². The van der Waals surface area contributed by atoms with Gasteiger partial charge in [-0.2, -0.15) is 0 Å². The van der Waals surface area contributed by atoms with Gasteiger partial charge < -0.3 is 10.2 Å². The van der Waals surface area contributed by atoms with Crippen molar-refractivity contribution in [3.8, 4) is 0 Å². The molecule has 2 amide bonds. The molecule has 1 aliphatic heterocycles. The molecule has 2 unspecified atom stereocenters. The molecule has 5 heteroatoms. The van der Waals surface area contributed by atoms with Crippen LogP contribution in [0.4, 0.5) is 0 Å². The van der Waals surface area contributed by atoms with Crippen LogP contribution in [0.15, 0.2) is 18.5 Å². The van der Waals surface area contributed by atoms with Crippen LogP contribution in [-0.2, 0) is 16.1 Å². The van der Waals surface area contributed by atoms with Gasteiger partial charge in [-0.25, -0.2) is 0 Å². The van der Waals surface area contributed by atoms with Crippen molar-refractivity contribution in [2.45, 2.75) is 46.3 Å². The molecule has 0 aliphatic carbocycles. The van der Waals surface area contributed by atoms with Gasteiger partial charge in [-0.3, -0.25) is 14.6 Å². The summed E-state index contributed by atoms with van der Waals surface area (Å²) in [6.45, 7) is 8.01. The van der Waals surface area contributed by atoms with Crippen LogP contribution in [0.2, 0.25) is 0 Å². The number of rotatable bonds is 3. The minimum Gasteiger partial charge on any atom is -0.342 e. The number of carbonyl (C=O) groups excluding carboxylic acids is 2. The second-order valence-electron chi connectivity index (χ2n) is 5.74. The van der Waals surface area contributed by atoms with Crippen LogP contribution >= 0.6 is 0 Å². The molecule has 0 bridgehead atoms. The minimum absolute atomic E-state index is 0.0198. The molecular weight excluding hydrogens is 254 g/mol. The van der Waals surface area contributed by atoms with Crippen molar-refractivity contribution < 1.29 is 9.59 Å². The van der Waals surface area contributed by atoms with Crippen molar-refractivity contribution in [3.05, 3.63) is 29.6 Å². The van der Waals surface area contributed by atoms with E-state index in [1.807, 2.05) is 26.8 Å². The molecule has 20 heavy (non-hydrogen) atoms. The number of carbonyl (C=O) groups is 2. The number of aromatic nitrogens is 1. The van der Waals surface area contributed by atoms with Crippen LogP contribution in [0, 0.1) is 12.8 Å². The molecule has 1 aromatic rings. The first-order chi connectivity index (χ1) is 9.40. The summed E-state index contributed by atoms with van der Waals surface area (Å²) in [4.78, 5) is 30.3. The van der Waals surface area contributed by atoms with Gasteiger partial charge >= 0.3 is 0 Å². The van der Waals surface area contributed by atoms with Crippen LogP contribution in [0.25, 0.3) is 0 Å². The lowest BCUT2D eigenvalue weighted by molar-refractivity contribution is -0.150. The third kappa shape index (κ3) is 2.81. The molecule has 2 heterocycles. The van der Waals surface area contributed by atoms with E-state index in [0.29, 0.717) is 6.54 Å². The van der Waals surface area contributed by atoms with Gasteiger partial charge in [0.2, 0.25) is 11.8 Å². The van der Waals surface area contributed by atoms with E-state index in [2.05, 4.69) is 10.3 Å². The number of hydrogen-bond acceptors (Lipinski definition) is 3. The average Bonchev–Trinajstić information content (AvgIpc) is 2.38. The summed E-state index contributed by atoms with van der Waals surface area (Å²) in [5.41, 5.74) is 1.99. The number of amides is 2. The van der Waals surface area contributed by atoms with Crippen molar-refractivity contribution in [1.82, 2.24) is 15.2 Å². The molecule has 0 spiro atoms. The Morgan fingerprint density at radius 2 is 2.05 bits per heavy atom. The lowest BCUT2D eigenvalue weighted by Crippen LogP contribution is -2.63. The Kier molecular flexibility index (Phi) is 4.06. The van der Waals surface area contributed by atoms with E-state index >= 15 is 0 Å². The molecule has 0 aromatic carbocycles. The number of aryl methyl sites for hydroxylation is 1. The Morgan fingerprint density at radius 1 is 1.35 bits per heavy atom. The zero-order valence-corrected chi connectivity index (χ0v) is 12.4. The van der Waals surface area contributed by atoms with E-state index in [4.69, 9.17) is 0 Å². The topological polar surface area (TPSA) is 62.3 Å². The van der Waals surface area contributed by atoms with Crippen molar-refractivity contribution in [1.29, 1.82) is 0 Å². The third-order valence-electron chi connectivity index (χ3n) is 3.65. The highest BCUT2D eigenvalue weighted by molar-refractivity contribution is 5.96. The number of piperazine rings is 1. The van der Waals surface area contributed by atoms with E-state index in [-0.39, 0.29) is 17.7 Å². The van der Waals surface area contributed by atoms with Crippen LogP contribution < -0.4 is 5.32 Å². The van der Waals surface area contributed by atoms with E-state index < -0.39 is 12.1 Å². The maximum absolute atomic E-state index is 12.5. The fourth-order valence-corrected chi connectivity index (χ4v) is 2.41. The van der Waals surface area contributed by atoms with Crippen LogP contribution in [0.1, 0.15) is 31.9 Å². The Balaban J connectivity index is 2.23. The number of nitrogens with one attached hydrogen (secondary N) is 1. The zero-order valence-electron chi connectivity index (χ0n) is 12.4. The summed E-state index contributed by atoms with van der Waals surface area (Å²) in [7, 11) is 0. The molecule has 1 aliphatic rings. The number of pyridine rings is 1. The van der Waals surface area contributed by atoms with Gasteiger partial charge in [0.25, 0.3) is 0 Å². The van der Waals surface area contributed by atoms with Crippen LogP contribution in [0.5, 0.6) is 0 Å². The van der Waals surface area contributed by atoms with E-state index in [0.717, 1.165) is 11.1 Å². The van der Waals surface area contributed by atoms with Gasteiger partial charge in [0.1, 0.15) is 12.1 Å². The summed E-state index contributed by atoms with van der Waals surface area (Å²) in [5, 5.41) is 2.80. The summed E-state index contributed by atoms with van der Waals surface area (Å²) < 4.78 is 0. The molecule has 1 saturated heterocycles. The zero-order chi connectivity index (χ0) is 14.9. The SMILES string of the molecule is Cc1cncc(CN2C(=O)C(C(C)C)NC(=O)C2C)c1. The van der Waals surface area contributed by atoms with Gasteiger partial charge in [0, 0.05) is 18.9 Å². The summed E-state index contributed by atoms with van der Waals surface area (Å²) >= 11 is 0. The summed E-state index contributed by atoms with van der Waals surface area (Å²) in [5.74, 6) is -0.0328.